The van der Waals surface area contributed by atoms with E-state index in [1.54, 1.807) is 29.7 Å². The SMILES string of the molecule is CON=C(C(=O)NC1C(=O)N2C(C(=O)O)=C(C=Cc3ccco3)CS[C@@H]12)c1csc(NC(c2ccccc2)(c2ccccc2)c2ccccc2)n1. The van der Waals surface area contributed by atoms with Gasteiger partial charge in [0.1, 0.15) is 41.2 Å². The van der Waals surface area contributed by atoms with Crippen molar-refractivity contribution in [3.8, 4) is 0 Å². The van der Waals surface area contributed by atoms with Gasteiger partial charge in [-0.05, 0) is 40.5 Å². The Hall–Kier alpha value is -5.92. The Kier molecular flexibility index (Phi) is 9.55. The second-order valence-electron chi connectivity index (χ2n) is 11.5. The number of amides is 2. The van der Waals surface area contributed by atoms with Crippen LogP contribution < -0.4 is 10.6 Å². The average molecular weight is 718 g/mol. The first-order valence-corrected chi connectivity index (χ1v) is 17.8. The van der Waals surface area contributed by atoms with Crippen LogP contribution in [-0.4, -0.2) is 62.8 Å². The van der Waals surface area contributed by atoms with E-state index in [-0.39, 0.29) is 17.1 Å². The Balaban J connectivity index is 1.15. The molecule has 5 aromatic rings. The number of rotatable bonds is 12. The summed E-state index contributed by atoms with van der Waals surface area (Å²) in [5, 5.41) is 22.0. The first-order chi connectivity index (χ1) is 24.9. The third kappa shape index (κ3) is 6.44. The normalized spacial score (nSPS) is 17.5. The summed E-state index contributed by atoms with van der Waals surface area (Å²) in [5.41, 5.74) is 2.54. The molecule has 3 N–H and O–H groups in total. The fraction of sp³-hybridized carbons (Fsp3) is 0.132. The maximum absolute atomic E-state index is 13.7. The topological polar surface area (TPSA) is 146 Å². The molecule has 0 bridgehead atoms. The van der Waals surface area contributed by atoms with Gasteiger partial charge in [0.05, 0.1) is 6.26 Å². The smallest absolute Gasteiger partial charge is 0.352 e. The molecule has 3 aromatic carbocycles. The molecule has 4 heterocycles. The van der Waals surface area contributed by atoms with Gasteiger partial charge in [0.25, 0.3) is 11.8 Å². The molecule has 0 radical (unpaired) electrons. The highest BCUT2D eigenvalue weighted by Crippen LogP contribution is 2.42. The molecule has 13 heteroatoms. The van der Waals surface area contributed by atoms with Gasteiger partial charge < -0.3 is 25.0 Å². The van der Waals surface area contributed by atoms with E-state index in [9.17, 15) is 19.5 Å². The molecule has 0 saturated carbocycles. The van der Waals surface area contributed by atoms with E-state index in [0.717, 1.165) is 16.7 Å². The van der Waals surface area contributed by atoms with Crippen molar-refractivity contribution in [2.75, 3.05) is 18.2 Å². The molecule has 0 spiro atoms. The summed E-state index contributed by atoms with van der Waals surface area (Å²) >= 11 is 2.65. The van der Waals surface area contributed by atoms with E-state index in [2.05, 4.69) is 52.2 Å². The number of thiazole rings is 1. The number of carboxylic acids is 1. The third-order valence-corrected chi connectivity index (χ3v) is 10.6. The van der Waals surface area contributed by atoms with Crippen molar-refractivity contribution in [1.82, 2.24) is 15.2 Å². The van der Waals surface area contributed by atoms with Crippen molar-refractivity contribution in [3.63, 3.8) is 0 Å². The lowest BCUT2D eigenvalue weighted by Gasteiger charge is -2.49. The lowest BCUT2D eigenvalue weighted by atomic mass is 9.77. The summed E-state index contributed by atoms with van der Waals surface area (Å²) in [6, 6.07) is 32.6. The summed E-state index contributed by atoms with van der Waals surface area (Å²) in [6.07, 6.45) is 4.79. The van der Waals surface area contributed by atoms with Gasteiger partial charge in [-0.3, -0.25) is 14.5 Å². The second kappa shape index (κ2) is 14.5. The molecule has 256 valence electrons. The summed E-state index contributed by atoms with van der Waals surface area (Å²) < 4.78 is 5.31. The van der Waals surface area contributed by atoms with Crippen LogP contribution in [0.5, 0.6) is 0 Å². The molecule has 51 heavy (non-hydrogen) atoms. The molecule has 11 nitrogen and oxygen atoms in total. The highest BCUT2D eigenvalue weighted by atomic mass is 32.2. The van der Waals surface area contributed by atoms with Gasteiger partial charge in [0.15, 0.2) is 10.8 Å². The summed E-state index contributed by atoms with van der Waals surface area (Å²) in [6.45, 7) is 0. The van der Waals surface area contributed by atoms with Gasteiger partial charge >= 0.3 is 5.97 Å². The van der Waals surface area contributed by atoms with Crippen molar-refractivity contribution in [2.24, 2.45) is 5.16 Å². The predicted molar refractivity (Wildman–Crippen MR) is 196 cm³/mol. The van der Waals surface area contributed by atoms with Gasteiger partial charge in [-0.15, -0.1) is 23.1 Å². The van der Waals surface area contributed by atoms with Gasteiger partial charge in [-0.1, -0.05) is 102 Å². The average Bonchev–Trinajstić information content (AvgIpc) is 3.87. The number of hydrogen-bond donors (Lipinski definition) is 3. The number of thioether (sulfide) groups is 1. The first-order valence-electron chi connectivity index (χ1n) is 15.9. The fourth-order valence-electron chi connectivity index (χ4n) is 6.23. The Labute approximate surface area is 301 Å². The Morgan fingerprint density at radius 1 is 0.961 bits per heavy atom. The molecule has 2 atom stereocenters. The molecule has 2 aliphatic rings. The van der Waals surface area contributed by atoms with Crippen LogP contribution in [0, 0.1) is 0 Å². The molecule has 2 aromatic heterocycles. The Morgan fingerprint density at radius 2 is 1.59 bits per heavy atom. The minimum Gasteiger partial charge on any atom is -0.477 e. The quantitative estimate of drug-likeness (QED) is 0.0618. The standard InChI is InChI=1S/C38H31N5O6S2/c1-48-42-30(33(44)40-31-34(45)43-32(36(46)47)24(22-50-35(31)43)19-20-28-18-11-21-49-28)29-23-51-37(39-29)41-38(25-12-5-2-6-13-25,26-14-7-3-8-15-26)27-16-9-4-10-17-27/h2-21,23,31,35H,22H2,1H3,(H,39,41)(H,40,44)(H,46,47)/t31?,35-/m0/s1. The van der Waals surface area contributed by atoms with Crippen LogP contribution in [0.1, 0.15) is 28.1 Å². The molecular formula is C38H31N5O6S2. The van der Waals surface area contributed by atoms with Crippen LogP contribution in [0.15, 0.2) is 142 Å². The maximum atomic E-state index is 13.7. The molecule has 1 saturated heterocycles. The van der Waals surface area contributed by atoms with E-state index >= 15 is 0 Å². The molecule has 0 aliphatic carbocycles. The lowest BCUT2D eigenvalue weighted by molar-refractivity contribution is -0.150. The number of nitrogens with zero attached hydrogens (tertiary/aromatic N) is 3. The lowest BCUT2D eigenvalue weighted by Crippen LogP contribution is -2.71. The summed E-state index contributed by atoms with van der Waals surface area (Å²) in [5.74, 6) is -1.60. The number of oxime groups is 1. The number of carboxylic acid groups (broad SMARTS) is 1. The number of carbonyl (C=O) groups excluding carboxylic acids is 2. The van der Waals surface area contributed by atoms with Crippen LogP contribution in [0.25, 0.3) is 6.08 Å². The van der Waals surface area contributed by atoms with Gasteiger partial charge in [-0.2, -0.15) is 0 Å². The van der Waals surface area contributed by atoms with Crippen LogP contribution in [0.4, 0.5) is 5.13 Å². The van der Waals surface area contributed by atoms with E-state index in [1.165, 1.54) is 41.4 Å². The van der Waals surface area contributed by atoms with Crippen molar-refractivity contribution >= 4 is 57.8 Å². The number of anilines is 1. The number of aliphatic carboxylic acids is 1. The number of nitrogens with one attached hydrogen (secondary N) is 2. The zero-order valence-corrected chi connectivity index (χ0v) is 28.8. The second-order valence-corrected chi connectivity index (χ2v) is 13.5. The minimum absolute atomic E-state index is 0.128. The van der Waals surface area contributed by atoms with Crippen molar-refractivity contribution < 1.29 is 28.7 Å². The monoisotopic (exact) mass is 717 g/mol. The van der Waals surface area contributed by atoms with Crippen LogP contribution in [0.3, 0.4) is 0 Å². The zero-order valence-electron chi connectivity index (χ0n) is 27.1. The third-order valence-electron chi connectivity index (χ3n) is 8.54. The minimum atomic E-state index is -1.24. The Bertz CT molecular complexity index is 2040. The van der Waals surface area contributed by atoms with Gasteiger partial charge in [0, 0.05) is 11.1 Å². The van der Waals surface area contributed by atoms with Crippen molar-refractivity contribution in [2.45, 2.75) is 17.0 Å². The highest BCUT2D eigenvalue weighted by molar-refractivity contribution is 8.00. The largest absolute Gasteiger partial charge is 0.477 e. The molecule has 7 rings (SSSR count). The van der Waals surface area contributed by atoms with E-state index < -0.39 is 34.7 Å². The number of furan rings is 1. The zero-order chi connectivity index (χ0) is 35.4. The fourth-order valence-corrected chi connectivity index (χ4v) is 8.30. The first kappa shape index (κ1) is 33.6. The molecule has 2 aliphatic heterocycles. The summed E-state index contributed by atoms with van der Waals surface area (Å²) in [4.78, 5) is 50.4. The van der Waals surface area contributed by atoms with Crippen LogP contribution >= 0.6 is 23.1 Å². The molecule has 1 fully saturated rings. The number of hydrogen-bond acceptors (Lipinski definition) is 10. The van der Waals surface area contributed by atoms with Crippen LogP contribution in [-0.2, 0) is 24.8 Å². The van der Waals surface area contributed by atoms with Crippen LogP contribution in [0.2, 0.25) is 0 Å². The van der Waals surface area contributed by atoms with E-state index in [4.69, 9.17) is 14.2 Å². The molecule has 1 unspecified atom stereocenters. The number of aromatic nitrogens is 1. The maximum Gasteiger partial charge on any atom is 0.352 e. The number of β-lactam (4-membered cyclic amide) rings is 1. The Morgan fingerprint density at radius 3 is 2.14 bits per heavy atom. The molecule has 2 amide bonds. The van der Waals surface area contributed by atoms with E-state index in [1.807, 2.05) is 54.6 Å². The highest BCUT2D eigenvalue weighted by Gasteiger charge is 2.54. The van der Waals surface area contributed by atoms with E-state index in [0.29, 0.717) is 22.2 Å². The number of benzene rings is 3. The molecular weight excluding hydrogens is 687 g/mol. The van der Waals surface area contributed by atoms with Gasteiger partial charge in [0.2, 0.25) is 0 Å². The summed E-state index contributed by atoms with van der Waals surface area (Å²) in [7, 11) is 1.32. The number of fused-ring (bicyclic) bond motifs is 1. The number of carbonyl (C=O) groups is 3. The number of allylic oxidation sites excluding steroid dienone is 1. The van der Waals surface area contributed by atoms with Gasteiger partial charge in [-0.25, -0.2) is 9.78 Å². The van der Waals surface area contributed by atoms with Crippen molar-refractivity contribution in [1.29, 1.82) is 0 Å². The predicted octanol–water partition coefficient (Wildman–Crippen LogP) is 5.94. The van der Waals surface area contributed by atoms with Crippen molar-refractivity contribution in [3.05, 3.63) is 160 Å².